The van der Waals surface area contributed by atoms with Gasteiger partial charge in [0, 0.05) is 0 Å². The van der Waals surface area contributed by atoms with Crippen LogP contribution < -0.4 is 10.2 Å². The maximum atomic E-state index is 10.9. The summed E-state index contributed by atoms with van der Waals surface area (Å²) in [5, 5.41) is 0. The molecule has 0 spiro atoms. The van der Waals surface area contributed by atoms with E-state index in [2.05, 4.69) is 6.58 Å². The van der Waals surface area contributed by atoms with Crippen molar-refractivity contribution in [1.82, 2.24) is 0 Å². The molecule has 16 heavy (non-hydrogen) atoms. The van der Waals surface area contributed by atoms with Crippen molar-refractivity contribution < 1.29 is 19.0 Å². The summed E-state index contributed by atoms with van der Waals surface area (Å²) in [4.78, 5) is 10.9. The number of esters is 1. The Labute approximate surface area is 94.1 Å². The van der Waals surface area contributed by atoms with Gasteiger partial charge in [0.25, 0.3) is 0 Å². The molecule has 0 aliphatic carbocycles. The van der Waals surface area contributed by atoms with E-state index in [0.717, 1.165) is 6.08 Å². The topological polar surface area (TPSA) is 52.6 Å². The summed E-state index contributed by atoms with van der Waals surface area (Å²) in [6, 6.07) is 4.93. The molecule has 0 aliphatic rings. The average Bonchev–Trinajstić information content (AvgIpc) is 2.35. The molecule has 0 radical (unpaired) electrons. The maximum absolute atomic E-state index is 10.9. The Balaban J connectivity index is 2.82. The Morgan fingerprint density at radius 1 is 1.50 bits per heavy atom. The summed E-state index contributed by atoms with van der Waals surface area (Å²) in [5.41, 5.74) is 1.17. The molecule has 0 N–H and O–H groups in total. The quantitative estimate of drug-likeness (QED) is 0.412. The molecule has 0 saturated heterocycles. The van der Waals surface area contributed by atoms with Gasteiger partial charge in [0.1, 0.15) is 0 Å². The van der Waals surface area contributed by atoms with E-state index in [1.54, 1.807) is 18.2 Å². The van der Waals surface area contributed by atoms with Crippen molar-refractivity contribution in [2.24, 2.45) is 0 Å². The summed E-state index contributed by atoms with van der Waals surface area (Å²) < 4.78 is 20.5. The molecule has 5 heteroatoms. The van der Waals surface area contributed by atoms with Gasteiger partial charge in [-0.25, -0.2) is 0 Å². The normalized spacial score (nSPS) is 9.06. The number of benzene rings is 1. The van der Waals surface area contributed by atoms with Gasteiger partial charge in [-0.1, -0.05) is 0 Å². The Kier molecular flexibility index (Phi) is 4.45. The number of hydrogen-bond donors (Lipinski definition) is 0. The zero-order chi connectivity index (χ0) is 12.0. The Morgan fingerprint density at radius 3 is 2.81 bits per heavy atom. The van der Waals surface area contributed by atoms with Gasteiger partial charge < -0.3 is 0 Å². The third kappa shape index (κ3) is 3.35. The van der Waals surface area contributed by atoms with Gasteiger partial charge in [0.15, 0.2) is 0 Å². The van der Waals surface area contributed by atoms with Gasteiger partial charge in [0.05, 0.1) is 0 Å². The van der Waals surface area contributed by atoms with Crippen molar-refractivity contribution in [2.75, 3.05) is 7.11 Å². The second kappa shape index (κ2) is 5.85. The number of carbonyl (C=O) groups excluding carboxylic acids is 1. The molecule has 0 atom stereocenters. The van der Waals surface area contributed by atoms with Crippen molar-refractivity contribution in [3.63, 3.8) is 0 Å². The van der Waals surface area contributed by atoms with Crippen molar-refractivity contribution in [2.45, 2.75) is 6.61 Å². The molecule has 0 bridgehead atoms. The molecule has 82 valence electrons. The van der Waals surface area contributed by atoms with Gasteiger partial charge in [-0.3, -0.25) is 0 Å². The van der Waals surface area contributed by atoms with Crippen LogP contribution in [0, 0.1) is 0 Å². The average molecular weight is 218 g/mol. The van der Waals surface area contributed by atoms with Crippen LogP contribution in [0.25, 0.3) is 0 Å². The number of methoxy groups -OCH3 is 1. The molecule has 0 fully saturated rings. The van der Waals surface area contributed by atoms with Gasteiger partial charge in [-0.15, -0.1) is 0 Å². The number of hydrogen-bond acceptors (Lipinski definition) is 4. The zero-order valence-corrected chi connectivity index (χ0v) is 8.93. The van der Waals surface area contributed by atoms with Crippen LogP contribution in [-0.4, -0.2) is 20.2 Å². The SMILES string of the molecule is C=CC(=O)OCc1cc(B=O)cc(OC)c1. The fourth-order valence-electron chi connectivity index (χ4n) is 1.17. The fourth-order valence-corrected chi connectivity index (χ4v) is 1.17. The van der Waals surface area contributed by atoms with Gasteiger partial charge in [0.2, 0.25) is 0 Å². The molecular weight excluding hydrogens is 207 g/mol. The van der Waals surface area contributed by atoms with Crippen LogP contribution in [0.5, 0.6) is 5.75 Å². The van der Waals surface area contributed by atoms with Gasteiger partial charge in [-0.05, 0) is 0 Å². The van der Waals surface area contributed by atoms with Crippen LogP contribution in [0.4, 0.5) is 0 Å². The van der Waals surface area contributed by atoms with E-state index in [4.69, 9.17) is 9.47 Å². The molecule has 1 rings (SSSR count). The standard InChI is InChI=1S/C11H11BO4/c1-3-11(13)16-7-8-4-9(12-14)6-10(5-8)15-2/h3-6H,1,7H2,2H3. The molecular formula is C11H11BO4. The Bertz CT molecular complexity index is 414. The zero-order valence-electron chi connectivity index (χ0n) is 8.93. The van der Waals surface area contributed by atoms with Crippen LogP contribution in [0.2, 0.25) is 0 Å². The molecule has 1 aromatic carbocycles. The van der Waals surface area contributed by atoms with E-state index in [9.17, 15) is 9.50 Å². The van der Waals surface area contributed by atoms with E-state index in [0.29, 0.717) is 23.9 Å². The third-order valence-corrected chi connectivity index (χ3v) is 1.91. The Hall–Kier alpha value is -1.91. The Morgan fingerprint density at radius 2 is 2.25 bits per heavy atom. The molecule has 4 nitrogen and oxygen atoms in total. The number of rotatable bonds is 5. The minimum atomic E-state index is -0.504. The van der Waals surface area contributed by atoms with Crippen LogP contribution in [0.1, 0.15) is 5.56 Å². The molecule has 0 saturated carbocycles. The van der Waals surface area contributed by atoms with Crippen LogP contribution in [-0.2, 0) is 20.8 Å². The summed E-state index contributed by atoms with van der Waals surface area (Å²) in [7, 11) is 2.21. The molecule has 0 amide bonds. The molecule has 0 heterocycles. The summed E-state index contributed by atoms with van der Waals surface area (Å²) >= 11 is 0. The first-order valence-electron chi connectivity index (χ1n) is 4.62. The molecule has 1 aromatic rings. The predicted octanol–water partition coefficient (Wildman–Crippen LogP) is 0.599. The summed E-state index contributed by atoms with van der Waals surface area (Å²) in [6.45, 7) is 3.37. The predicted molar refractivity (Wildman–Crippen MR) is 59.1 cm³/mol. The van der Waals surface area contributed by atoms with Crippen LogP contribution in [0.3, 0.4) is 0 Å². The van der Waals surface area contributed by atoms with Crippen molar-refractivity contribution in [3.05, 3.63) is 36.4 Å². The fraction of sp³-hybridized carbons (Fsp3) is 0.182. The molecule has 0 unspecified atom stereocenters. The van der Waals surface area contributed by atoms with Crippen LogP contribution in [0.15, 0.2) is 30.9 Å². The second-order valence-corrected chi connectivity index (χ2v) is 3.04. The van der Waals surface area contributed by atoms with Crippen molar-refractivity contribution in [1.29, 1.82) is 0 Å². The van der Waals surface area contributed by atoms with Crippen LogP contribution >= 0.6 is 0 Å². The summed E-state index contributed by atoms with van der Waals surface area (Å²) in [6.07, 6.45) is 1.08. The summed E-state index contributed by atoms with van der Waals surface area (Å²) in [5.74, 6) is 0.0460. The van der Waals surface area contributed by atoms with Gasteiger partial charge in [-0.2, -0.15) is 0 Å². The van der Waals surface area contributed by atoms with E-state index in [1.807, 2.05) is 0 Å². The first kappa shape index (κ1) is 12.2. The first-order chi connectivity index (χ1) is 7.69. The first-order valence-corrected chi connectivity index (χ1v) is 4.62. The van der Waals surface area contributed by atoms with E-state index < -0.39 is 5.97 Å². The van der Waals surface area contributed by atoms with E-state index >= 15 is 0 Å². The third-order valence-electron chi connectivity index (χ3n) is 1.91. The van der Waals surface area contributed by atoms with Crippen molar-refractivity contribution in [3.8, 4) is 5.75 Å². The number of carbonyl (C=O) groups is 1. The second-order valence-electron chi connectivity index (χ2n) is 3.04. The minimum absolute atomic E-state index is 0.0862. The monoisotopic (exact) mass is 218 g/mol. The van der Waals surface area contributed by atoms with Crippen molar-refractivity contribution >= 4 is 18.6 Å². The molecule has 0 aliphatic heterocycles. The molecule has 0 aromatic heterocycles. The van der Waals surface area contributed by atoms with E-state index in [-0.39, 0.29) is 6.61 Å². The van der Waals surface area contributed by atoms with E-state index in [1.165, 1.54) is 7.11 Å². The van der Waals surface area contributed by atoms with Gasteiger partial charge >= 0.3 is 93.4 Å². The number of ether oxygens (including phenoxy) is 2.